The number of ether oxygens (including phenoxy) is 1. The number of fused-ring (bicyclic) bond motifs is 1. The summed E-state index contributed by atoms with van der Waals surface area (Å²) in [5, 5.41) is 4.30. The minimum absolute atomic E-state index is 0.170. The molecule has 0 spiro atoms. The molecule has 8 heteroatoms. The standard InChI is InChI=1S/C21H16F2N2O3S/c1-11(24)19(26)28-13-6-4-12(5-7-13)21(16-3-2-10-29-16)14-8-9-15(22)17(23)18(14)25-20(21)27/h2-11H,24H2,1H3,(H,25,27). The molecule has 0 aliphatic carbocycles. The number of esters is 1. The van der Waals surface area contributed by atoms with Crippen LogP contribution < -0.4 is 15.8 Å². The minimum Gasteiger partial charge on any atom is -0.425 e. The monoisotopic (exact) mass is 414 g/mol. The summed E-state index contributed by atoms with van der Waals surface area (Å²) in [6.07, 6.45) is 0. The maximum Gasteiger partial charge on any atom is 0.328 e. The highest BCUT2D eigenvalue weighted by atomic mass is 32.1. The fraction of sp³-hybridized carbons (Fsp3) is 0.143. The molecule has 1 aliphatic heterocycles. The fourth-order valence-electron chi connectivity index (χ4n) is 3.46. The van der Waals surface area contributed by atoms with Crippen molar-refractivity contribution in [3.8, 4) is 5.75 Å². The molecule has 2 atom stereocenters. The predicted octanol–water partition coefficient (Wildman–Crippen LogP) is 3.57. The van der Waals surface area contributed by atoms with Crippen LogP contribution in [0.1, 0.15) is 22.9 Å². The Balaban J connectivity index is 1.87. The second-order valence-corrected chi connectivity index (χ2v) is 7.65. The molecule has 1 aromatic heterocycles. The summed E-state index contributed by atoms with van der Waals surface area (Å²) < 4.78 is 33.3. The maximum atomic E-state index is 14.4. The highest BCUT2D eigenvalue weighted by Crippen LogP contribution is 2.50. The number of rotatable bonds is 4. The summed E-state index contributed by atoms with van der Waals surface area (Å²) in [7, 11) is 0. The Hall–Kier alpha value is -3.10. The van der Waals surface area contributed by atoms with Crippen LogP contribution in [-0.2, 0) is 15.0 Å². The number of amides is 1. The molecule has 3 aromatic rings. The average Bonchev–Trinajstić information content (AvgIpc) is 3.32. The number of benzene rings is 2. The smallest absolute Gasteiger partial charge is 0.328 e. The van der Waals surface area contributed by atoms with Crippen LogP contribution in [0.25, 0.3) is 0 Å². The molecule has 2 heterocycles. The predicted molar refractivity (Wildman–Crippen MR) is 105 cm³/mol. The highest BCUT2D eigenvalue weighted by molar-refractivity contribution is 7.10. The van der Waals surface area contributed by atoms with Crippen molar-refractivity contribution in [1.82, 2.24) is 0 Å². The van der Waals surface area contributed by atoms with Gasteiger partial charge in [0.2, 0.25) is 5.91 Å². The number of hydrogen-bond donors (Lipinski definition) is 2. The lowest BCUT2D eigenvalue weighted by molar-refractivity contribution is -0.135. The van der Waals surface area contributed by atoms with E-state index < -0.39 is 35.0 Å². The number of nitrogens with one attached hydrogen (secondary N) is 1. The van der Waals surface area contributed by atoms with E-state index in [1.807, 2.05) is 0 Å². The molecule has 0 saturated carbocycles. The zero-order chi connectivity index (χ0) is 20.8. The van der Waals surface area contributed by atoms with Gasteiger partial charge >= 0.3 is 5.97 Å². The van der Waals surface area contributed by atoms with Crippen LogP contribution in [0, 0.1) is 11.6 Å². The minimum atomic E-state index is -1.35. The van der Waals surface area contributed by atoms with Gasteiger partial charge in [-0.05, 0) is 42.1 Å². The molecule has 29 heavy (non-hydrogen) atoms. The van der Waals surface area contributed by atoms with Gasteiger partial charge in [-0.15, -0.1) is 11.3 Å². The Labute approximate surface area is 169 Å². The van der Waals surface area contributed by atoms with Gasteiger partial charge in [0.1, 0.15) is 17.2 Å². The van der Waals surface area contributed by atoms with Crippen molar-refractivity contribution in [2.75, 3.05) is 5.32 Å². The molecule has 2 unspecified atom stereocenters. The number of halogens is 2. The maximum absolute atomic E-state index is 14.4. The lowest BCUT2D eigenvalue weighted by Crippen LogP contribution is -2.36. The summed E-state index contributed by atoms with van der Waals surface area (Å²) >= 11 is 1.33. The van der Waals surface area contributed by atoms with Crippen molar-refractivity contribution < 1.29 is 23.1 Å². The first-order valence-corrected chi connectivity index (χ1v) is 9.65. The summed E-state index contributed by atoms with van der Waals surface area (Å²) in [6, 6.07) is 11.5. The third-order valence-corrected chi connectivity index (χ3v) is 5.84. The van der Waals surface area contributed by atoms with Crippen LogP contribution in [0.3, 0.4) is 0 Å². The van der Waals surface area contributed by atoms with Crippen LogP contribution >= 0.6 is 11.3 Å². The summed E-state index contributed by atoms with van der Waals surface area (Å²) in [6.45, 7) is 1.51. The van der Waals surface area contributed by atoms with Crippen molar-refractivity contribution in [2.45, 2.75) is 18.4 Å². The molecule has 1 amide bonds. The summed E-state index contributed by atoms with van der Waals surface area (Å²) in [4.78, 5) is 25.5. The molecule has 3 N–H and O–H groups in total. The van der Waals surface area contributed by atoms with Crippen LogP contribution in [0.2, 0.25) is 0 Å². The van der Waals surface area contributed by atoms with E-state index >= 15 is 0 Å². The number of hydrogen-bond acceptors (Lipinski definition) is 5. The molecular formula is C21H16F2N2O3S. The highest BCUT2D eigenvalue weighted by Gasteiger charge is 2.51. The fourth-order valence-corrected chi connectivity index (χ4v) is 4.42. The van der Waals surface area contributed by atoms with Gasteiger partial charge in [0, 0.05) is 10.4 Å². The number of carbonyl (C=O) groups is 2. The van der Waals surface area contributed by atoms with Gasteiger partial charge < -0.3 is 15.8 Å². The van der Waals surface area contributed by atoms with E-state index in [1.165, 1.54) is 36.5 Å². The largest absolute Gasteiger partial charge is 0.425 e. The van der Waals surface area contributed by atoms with Gasteiger partial charge in [0.25, 0.3) is 0 Å². The average molecular weight is 414 g/mol. The Morgan fingerprint density at radius 2 is 1.90 bits per heavy atom. The molecule has 148 valence electrons. The van der Waals surface area contributed by atoms with Gasteiger partial charge in [-0.3, -0.25) is 4.79 Å². The van der Waals surface area contributed by atoms with Crippen molar-refractivity contribution >= 4 is 28.9 Å². The van der Waals surface area contributed by atoms with Crippen LogP contribution in [0.4, 0.5) is 14.5 Å². The molecule has 0 radical (unpaired) electrons. The van der Waals surface area contributed by atoms with Crippen molar-refractivity contribution in [3.63, 3.8) is 0 Å². The molecule has 2 aromatic carbocycles. The molecule has 1 aliphatic rings. The third-order valence-electron chi connectivity index (χ3n) is 4.85. The Kier molecular flexibility index (Phi) is 4.68. The van der Waals surface area contributed by atoms with Gasteiger partial charge in [-0.2, -0.15) is 0 Å². The topological polar surface area (TPSA) is 81.4 Å². The van der Waals surface area contributed by atoms with E-state index in [2.05, 4.69) is 5.32 Å². The summed E-state index contributed by atoms with van der Waals surface area (Å²) in [5.74, 6) is -2.95. The number of nitrogens with two attached hydrogens (primary N) is 1. The van der Waals surface area contributed by atoms with Crippen LogP contribution in [0.5, 0.6) is 5.75 Å². The first-order chi connectivity index (χ1) is 13.9. The summed E-state index contributed by atoms with van der Waals surface area (Å²) in [5.41, 5.74) is 4.84. The quantitative estimate of drug-likeness (QED) is 0.505. The zero-order valence-corrected chi connectivity index (χ0v) is 16.1. The van der Waals surface area contributed by atoms with Gasteiger partial charge in [0.15, 0.2) is 11.6 Å². The van der Waals surface area contributed by atoms with Crippen molar-refractivity contribution in [1.29, 1.82) is 0 Å². The van der Waals surface area contributed by atoms with Crippen LogP contribution in [-0.4, -0.2) is 17.9 Å². The lowest BCUT2D eigenvalue weighted by Gasteiger charge is -2.27. The van der Waals surface area contributed by atoms with E-state index in [9.17, 15) is 18.4 Å². The molecule has 0 bridgehead atoms. The number of carbonyl (C=O) groups excluding carboxylic acids is 2. The number of thiophene rings is 1. The molecule has 5 nitrogen and oxygen atoms in total. The Bertz CT molecular complexity index is 1100. The van der Waals surface area contributed by atoms with Gasteiger partial charge in [-0.1, -0.05) is 24.3 Å². The number of anilines is 1. The van der Waals surface area contributed by atoms with Crippen molar-refractivity contribution in [3.05, 3.63) is 81.5 Å². The van der Waals surface area contributed by atoms with Crippen molar-refractivity contribution in [2.24, 2.45) is 5.73 Å². The van der Waals surface area contributed by atoms with Gasteiger partial charge in [-0.25, -0.2) is 13.6 Å². The molecule has 4 rings (SSSR count). The molecule has 0 fully saturated rings. The third kappa shape index (κ3) is 2.92. The van der Waals surface area contributed by atoms with E-state index in [4.69, 9.17) is 10.5 Å². The lowest BCUT2D eigenvalue weighted by atomic mass is 9.74. The van der Waals surface area contributed by atoms with Crippen LogP contribution in [0.15, 0.2) is 53.9 Å². The van der Waals surface area contributed by atoms with E-state index in [1.54, 1.807) is 29.6 Å². The SMILES string of the molecule is CC(N)C(=O)Oc1ccc(C2(c3cccs3)C(=O)Nc3c2ccc(F)c3F)cc1. The second kappa shape index (κ2) is 7.06. The first kappa shape index (κ1) is 19.2. The van der Waals surface area contributed by atoms with E-state index in [-0.39, 0.29) is 11.4 Å². The zero-order valence-electron chi connectivity index (χ0n) is 15.2. The van der Waals surface area contributed by atoms with Gasteiger partial charge in [0.05, 0.1) is 5.69 Å². The van der Waals surface area contributed by atoms with E-state index in [0.29, 0.717) is 16.0 Å². The first-order valence-electron chi connectivity index (χ1n) is 8.77. The normalized spacial score (nSPS) is 18.8. The Morgan fingerprint density at radius 3 is 2.52 bits per heavy atom. The van der Waals surface area contributed by atoms with E-state index in [0.717, 1.165) is 6.07 Å². The Morgan fingerprint density at radius 1 is 1.17 bits per heavy atom. The molecule has 0 saturated heterocycles. The molecular weight excluding hydrogens is 398 g/mol. The second-order valence-electron chi connectivity index (χ2n) is 6.70.